The van der Waals surface area contributed by atoms with Crippen LogP contribution >= 0.6 is 11.8 Å². The van der Waals surface area contributed by atoms with Crippen LogP contribution in [-0.4, -0.2) is 43.8 Å². The fraction of sp³-hybridized carbons (Fsp3) is 0.471. The predicted octanol–water partition coefficient (Wildman–Crippen LogP) is 3.02. The molecule has 0 spiro atoms. The van der Waals surface area contributed by atoms with Crippen molar-refractivity contribution in [2.45, 2.75) is 45.8 Å². The molecule has 0 bridgehead atoms. The van der Waals surface area contributed by atoms with Crippen molar-refractivity contribution in [2.24, 2.45) is 0 Å². The van der Waals surface area contributed by atoms with Crippen LogP contribution in [-0.2, 0) is 14.1 Å². The van der Waals surface area contributed by atoms with Crippen LogP contribution in [0.3, 0.4) is 0 Å². The summed E-state index contributed by atoms with van der Waals surface area (Å²) in [5.74, 6) is 0.492. The Hall–Kier alpha value is -1.64. The second-order valence-corrected chi connectivity index (χ2v) is 8.22. The van der Waals surface area contributed by atoms with Gasteiger partial charge in [0.15, 0.2) is 10.8 Å². The van der Waals surface area contributed by atoms with E-state index in [0.29, 0.717) is 5.75 Å². The molecule has 1 fully saturated rings. The molecule has 0 aromatic carbocycles. The van der Waals surface area contributed by atoms with Crippen molar-refractivity contribution in [1.82, 2.24) is 14.6 Å². The monoisotopic (exact) mass is 359 g/mol. The molecule has 0 atom stereocenters. The number of fused-ring (bicyclic) bond motifs is 1. The second-order valence-electron chi connectivity index (χ2n) is 7.06. The summed E-state index contributed by atoms with van der Waals surface area (Å²) in [6, 6.07) is 3.74. The molecule has 0 aliphatic carbocycles. The molecule has 25 heavy (non-hydrogen) atoms. The fourth-order valence-corrected chi connectivity index (χ4v) is 3.08. The lowest BCUT2D eigenvalue weighted by molar-refractivity contribution is -0.109. The molecule has 1 aliphatic heterocycles. The Morgan fingerprint density at radius 1 is 1.32 bits per heavy atom. The van der Waals surface area contributed by atoms with Crippen LogP contribution in [0, 0.1) is 0 Å². The van der Waals surface area contributed by atoms with Gasteiger partial charge in [-0.15, -0.1) is 0 Å². The zero-order valence-electron chi connectivity index (χ0n) is 15.1. The molecule has 0 saturated carbocycles. The number of thioether (sulfide) groups is 1. The van der Waals surface area contributed by atoms with Crippen molar-refractivity contribution >= 4 is 35.7 Å². The Morgan fingerprint density at radius 3 is 2.64 bits per heavy atom. The molecule has 8 heteroatoms. The minimum absolute atomic E-state index is 0.0543. The van der Waals surface area contributed by atoms with Crippen LogP contribution in [0.1, 0.15) is 40.3 Å². The summed E-state index contributed by atoms with van der Waals surface area (Å²) in [4.78, 5) is 15.8. The van der Waals surface area contributed by atoms with E-state index in [2.05, 4.69) is 10.1 Å². The number of aromatic nitrogens is 3. The number of rotatable bonds is 4. The van der Waals surface area contributed by atoms with Gasteiger partial charge < -0.3 is 9.31 Å². The quantitative estimate of drug-likeness (QED) is 0.782. The molecular formula is C17H22BN3O3S. The first-order valence-corrected chi connectivity index (χ1v) is 9.16. The highest BCUT2D eigenvalue weighted by Crippen LogP contribution is 2.39. The number of hydrogen-bond acceptors (Lipinski definition) is 6. The van der Waals surface area contributed by atoms with E-state index in [1.54, 1.807) is 23.8 Å². The zero-order valence-corrected chi connectivity index (χ0v) is 16.0. The highest BCUT2D eigenvalue weighted by atomic mass is 32.2. The highest BCUT2D eigenvalue weighted by Gasteiger charge is 2.52. The Kier molecular flexibility index (Phi) is 4.79. The third-order valence-corrected chi connectivity index (χ3v) is 5.52. The van der Waals surface area contributed by atoms with Crippen LogP contribution < -0.4 is 0 Å². The van der Waals surface area contributed by atoms with E-state index in [1.807, 2.05) is 45.9 Å². The van der Waals surface area contributed by atoms with E-state index < -0.39 is 18.3 Å². The molecule has 2 aromatic rings. The van der Waals surface area contributed by atoms with Crippen LogP contribution in [0.25, 0.3) is 11.7 Å². The van der Waals surface area contributed by atoms with E-state index in [4.69, 9.17) is 9.31 Å². The summed E-state index contributed by atoms with van der Waals surface area (Å²) >= 11 is 1.24. The molecule has 6 nitrogen and oxygen atoms in total. The Labute approximate surface area is 152 Å². The van der Waals surface area contributed by atoms with Crippen LogP contribution in [0.5, 0.6) is 0 Å². The van der Waals surface area contributed by atoms with E-state index in [-0.39, 0.29) is 5.12 Å². The van der Waals surface area contributed by atoms with Crippen LogP contribution in [0.2, 0.25) is 0 Å². The third-order valence-electron chi connectivity index (χ3n) is 4.64. The first-order chi connectivity index (χ1) is 11.7. The van der Waals surface area contributed by atoms with Gasteiger partial charge in [-0.25, -0.2) is 9.50 Å². The number of carbonyl (C=O) groups excluding carboxylic acids is 1. The third kappa shape index (κ3) is 3.66. The van der Waals surface area contributed by atoms with Crippen molar-refractivity contribution in [1.29, 1.82) is 0 Å². The van der Waals surface area contributed by atoms with Crippen LogP contribution in [0.15, 0.2) is 30.0 Å². The van der Waals surface area contributed by atoms with Gasteiger partial charge in [-0.3, -0.25) is 4.79 Å². The van der Waals surface area contributed by atoms with Crippen molar-refractivity contribution < 1.29 is 14.1 Å². The minimum Gasteiger partial charge on any atom is -0.400 e. The van der Waals surface area contributed by atoms with Crippen LogP contribution in [0.4, 0.5) is 0 Å². The zero-order chi connectivity index (χ0) is 18.2. The van der Waals surface area contributed by atoms with E-state index in [0.717, 1.165) is 16.8 Å². The van der Waals surface area contributed by atoms with Gasteiger partial charge >= 0.3 is 7.12 Å². The summed E-state index contributed by atoms with van der Waals surface area (Å²) < 4.78 is 14.1. The fourth-order valence-electron chi connectivity index (χ4n) is 2.49. The molecule has 0 radical (unpaired) electrons. The Bertz CT molecular complexity index is 815. The van der Waals surface area contributed by atoms with Crippen molar-refractivity contribution in [3.8, 4) is 0 Å². The molecule has 0 N–H and O–H groups in total. The minimum atomic E-state index is -0.508. The Balaban J connectivity index is 1.96. The summed E-state index contributed by atoms with van der Waals surface area (Å²) in [6.07, 6.45) is 5.42. The lowest BCUT2D eigenvalue weighted by Gasteiger charge is -2.32. The summed E-state index contributed by atoms with van der Waals surface area (Å²) in [5, 5.41) is 4.38. The molecule has 1 saturated heterocycles. The van der Waals surface area contributed by atoms with Gasteiger partial charge in [0.2, 0.25) is 0 Å². The van der Waals surface area contributed by atoms with E-state index in [1.165, 1.54) is 11.8 Å². The molecule has 0 amide bonds. The van der Waals surface area contributed by atoms with Gasteiger partial charge in [0.05, 0.1) is 23.1 Å². The van der Waals surface area contributed by atoms with Gasteiger partial charge in [-0.1, -0.05) is 11.8 Å². The molecule has 132 valence electrons. The molecule has 0 unspecified atom stereocenters. The highest BCUT2D eigenvalue weighted by molar-refractivity contribution is 8.13. The maximum absolute atomic E-state index is 11.5. The first-order valence-electron chi connectivity index (χ1n) is 8.18. The van der Waals surface area contributed by atoms with Gasteiger partial charge in [0, 0.05) is 18.9 Å². The van der Waals surface area contributed by atoms with E-state index >= 15 is 0 Å². The second kappa shape index (κ2) is 6.59. The average Bonchev–Trinajstić information content (AvgIpc) is 3.02. The maximum Gasteiger partial charge on any atom is 0.491 e. The van der Waals surface area contributed by atoms with Gasteiger partial charge in [-0.05, 0) is 51.4 Å². The van der Waals surface area contributed by atoms with E-state index in [9.17, 15) is 4.79 Å². The summed E-state index contributed by atoms with van der Waals surface area (Å²) in [5.41, 5.74) is 1.60. The van der Waals surface area contributed by atoms with Gasteiger partial charge in [-0.2, -0.15) is 5.10 Å². The smallest absolute Gasteiger partial charge is 0.400 e. The lowest BCUT2D eigenvalue weighted by Crippen LogP contribution is -2.41. The van der Waals surface area contributed by atoms with Crippen molar-refractivity contribution in [3.05, 3.63) is 35.7 Å². The molecular weight excluding hydrogens is 337 g/mol. The molecule has 3 rings (SSSR count). The number of hydrogen-bond donors (Lipinski definition) is 0. The predicted molar refractivity (Wildman–Crippen MR) is 100 cm³/mol. The first kappa shape index (κ1) is 18.2. The van der Waals surface area contributed by atoms with Crippen molar-refractivity contribution in [3.63, 3.8) is 0 Å². The number of carbonyl (C=O) groups is 1. The topological polar surface area (TPSA) is 65.7 Å². The average molecular weight is 359 g/mol. The normalized spacial score (nSPS) is 19.6. The number of nitrogens with zero attached hydrogens (tertiary/aromatic N) is 3. The number of imidazole rings is 1. The standard InChI is InChI=1S/C17H22BN3O3S/c1-12(22)25-11-13(18-23-16(2,3)17(4,5)24-18)9-14-10-19-15-7-6-8-20-21(14)15/h6-10H,11H2,1-5H3. The lowest BCUT2D eigenvalue weighted by atomic mass is 9.78. The van der Waals surface area contributed by atoms with Gasteiger partial charge in [0.25, 0.3) is 0 Å². The molecule has 2 aromatic heterocycles. The Morgan fingerprint density at radius 2 is 2.00 bits per heavy atom. The molecule has 1 aliphatic rings. The maximum atomic E-state index is 11.5. The largest absolute Gasteiger partial charge is 0.491 e. The summed E-state index contributed by atoms with van der Waals surface area (Å²) in [7, 11) is -0.508. The van der Waals surface area contributed by atoms with Crippen molar-refractivity contribution in [2.75, 3.05) is 5.75 Å². The van der Waals surface area contributed by atoms with Gasteiger partial charge in [0.1, 0.15) is 0 Å². The summed E-state index contributed by atoms with van der Waals surface area (Å²) in [6.45, 7) is 9.61. The SMILES string of the molecule is CC(=O)SCC(=Cc1cnc2cccnn12)B1OC(C)(C)C(C)(C)O1. The molecule has 3 heterocycles.